The Hall–Kier alpha value is -2.73. The molecule has 0 atom stereocenters. The number of hydrogen-bond acceptors (Lipinski definition) is 5. The molecule has 2 aromatic heterocycles. The summed E-state index contributed by atoms with van der Waals surface area (Å²) in [7, 11) is 0. The van der Waals surface area contributed by atoms with Crippen LogP contribution in [0, 0.1) is 0 Å². The zero-order valence-corrected chi connectivity index (χ0v) is 18.8. The van der Waals surface area contributed by atoms with Crippen LogP contribution in [-0.4, -0.2) is 45.6 Å². The van der Waals surface area contributed by atoms with Gasteiger partial charge in [0, 0.05) is 36.2 Å². The predicted octanol–water partition coefficient (Wildman–Crippen LogP) is 4.40. The monoisotopic (exact) mass is 431 g/mol. The van der Waals surface area contributed by atoms with Gasteiger partial charge in [0.1, 0.15) is 5.65 Å². The van der Waals surface area contributed by atoms with E-state index in [1.165, 1.54) is 38.8 Å². The second-order valence-electron chi connectivity index (χ2n) is 9.25. The zero-order valence-electron chi connectivity index (χ0n) is 18.8. The molecule has 1 N–H and O–H groups in total. The molecule has 0 unspecified atom stereocenters. The maximum atomic E-state index is 13.6. The maximum absolute atomic E-state index is 13.6. The van der Waals surface area contributed by atoms with Crippen molar-refractivity contribution in [1.29, 1.82) is 0 Å². The Morgan fingerprint density at radius 3 is 2.59 bits per heavy atom. The molecule has 1 aliphatic carbocycles. The average molecular weight is 432 g/mol. The van der Waals surface area contributed by atoms with Crippen LogP contribution in [0.4, 0.5) is 5.95 Å². The number of pyridine rings is 1. The van der Waals surface area contributed by atoms with Crippen LogP contribution < -0.4 is 10.9 Å². The number of likely N-dealkylation sites (tertiary alicyclic amines) is 1. The summed E-state index contributed by atoms with van der Waals surface area (Å²) in [4.78, 5) is 25.5. The zero-order chi connectivity index (χ0) is 21.8. The standard InChI is InChI=1S/C26H33N5O/c32-25-21(17-20-9-2-1-3-10-20)18-22-19-28-26(27-13-8-16-30-14-6-7-15-30)29-24(22)31(25)23-11-4-5-12-23/h1-3,9-10,18-19,23H,4-8,11-17H2,(H,27,28,29). The Kier molecular flexibility index (Phi) is 6.49. The van der Waals surface area contributed by atoms with Crippen molar-refractivity contribution in [3.8, 4) is 0 Å². The van der Waals surface area contributed by atoms with Gasteiger partial charge in [0.05, 0.1) is 0 Å². The molecule has 1 saturated heterocycles. The molecule has 168 valence electrons. The first kappa shape index (κ1) is 21.1. The summed E-state index contributed by atoms with van der Waals surface area (Å²) in [6, 6.07) is 12.4. The van der Waals surface area contributed by atoms with E-state index in [1.54, 1.807) is 0 Å². The van der Waals surface area contributed by atoms with Crippen molar-refractivity contribution in [2.45, 2.75) is 57.4 Å². The van der Waals surface area contributed by atoms with E-state index in [4.69, 9.17) is 4.98 Å². The largest absolute Gasteiger partial charge is 0.354 e. The third kappa shape index (κ3) is 4.70. The van der Waals surface area contributed by atoms with Gasteiger partial charge in [0.25, 0.3) is 5.56 Å². The van der Waals surface area contributed by atoms with Crippen molar-refractivity contribution >= 4 is 17.0 Å². The lowest BCUT2D eigenvalue weighted by Crippen LogP contribution is -2.28. The molecule has 0 amide bonds. The van der Waals surface area contributed by atoms with Gasteiger partial charge >= 0.3 is 0 Å². The molecule has 1 aromatic carbocycles. The Bertz CT molecular complexity index is 1100. The molecule has 0 bridgehead atoms. The Labute approximate surface area is 189 Å². The van der Waals surface area contributed by atoms with Crippen LogP contribution in [-0.2, 0) is 6.42 Å². The molecule has 5 rings (SSSR count). The van der Waals surface area contributed by atoms with Crippen molar-refractivity contribution < 1.29 is 0 Å². The summed E-state index contributed by atoms with van der Waals surface area (Å²) in [5, 5.41) is 4.34. The van der Waals surface area contributed by atoms with Gasteiger partial charge in [-0.05, 0) is 63.4 Å². The number of nitrogens with zero attached hydrogens (tertiary/aromatic N) is 4. The van der Waals surface area contributed by atoms with Crippen LogP contribution in [0.15, 0.2) is 47.4 Å². The highest BCUT2D eigenvalue weighted by molar-refractivity contribution is 5.76. The van der Waals surface area contributed by atoms with E-state index >= 15 is 0 Å². The lowest BCUT2D eigenvalue weighted by molar-refractivity contribution is 0.337. The van der Waals surface area contributed by atoms with Crippen LogP contribution in [0.1, 0.15) is 62.1 Å². The second kappa shape index (κ2) is 9.82. The van der Waals surface area contributed by atoms with Crippen LogP contribution in [0.25, 0.3) is 11.0 Å². The van der Waals surface area contributed by atoms with E-state index in [9.17, 15) is 4.79 Å². The molecule has 1 saturated carbocycles. The van der Waals surface area contributed by atoms with Crippen molar-refractivity contribution in [2.24, 2.45) is 0 Å². The first-order valence-corrected chi connectivity index (χ1v) is 12.2. The van der Waals surface area contributed by atoms with Crippen LogP contribution in [0.3, 0.4) is 0 Å². The Morgan fingerprint density at radius 2 is 1.81 bits per heavy atom. The van der Waals surface area contributed by atoms with Gasteiger partial charge < -0.3 is 10.2 Å². The van der Waals surface area contributed by atoms with Crippen molar-refractivity contribution in [2.75, 3.05) is 31.5 Å². The predicted molar refractivity (Wildman–Crippen MR) is 129 cm³/mol. The van der Waals surface area contributed by atoms with E-state index in [2.05, 4.69) is 27.3 Å². The highest BCUT2D eigenvalue weighted by atomic mass is 16.1. The van der Waals surface area contributed by atoms with Crippen LogP contribution in [0.2, 0.25) is 0 Å². The van der Waals surface area contributed by atoms with Gasteiger partial charge in [0.15, 0.2) is 0 Å². The van der Waals surface area contributed by atoms with Gasteiger partial charge in [-0.2, -0.15) is 4.98 Å². The van der Waals surface area contributed by atoms with Crippen molar-refractivity contribution in [1.82, 2.24) is 19.4 Å². The minimum Gasteiger partial charge on any atom is -0.354 e. The van der Waals surface area contributed by atoms with Crippen LogP contribution >= 0.6 is 0 Å². The SMILES string of the molecule is O=c1c(Cc2ccccc2)cc2cnc(NCCCN3CCCC3)nc2n1C1CCCC1. The molecule has 2 aliphatic rings. The third-order valence-corrected chi connectivity index (χ3v) is 6.91. The molecule has 2 fully saturated rings. The summed E-state index contributed by atoms with van der Waals surface area (Å²) < 4.78 is 1.97. The summed E-state index contributed by atoms with van der Waals surface area (Å²) >= 11 is 0. The smallest absolute Gasteiger partial charge is 0.256 e. The van der Waals surface area contributed by atoms with Gasteiger partial charge in [-0.25, -0.2) is 4.98 Å². The lowest BCUT2D eigenvalue weighted by Gasteiger charge is -2.18. The molecule has 3 heterocycles. The van der Waals surface area contributed by atoms with Gasteiger partial charge in [-0.3, -0.25) is 9.36 Å². The highest BCUT2D eigenvalue weighted by Crippen LogP contribution is 2.31. The molecular weight excluding hydrogens is 398 g/mol. The third-order valence-electron chi connectivity index (χ3n) is 6.91. The first-order valence-electron chi connectivity index (χ1n) is 12.2. The number of nitrogens with one attached hydrogen (secondary N) is 1. The van der Waals surface area contributed by atoms with Gasteiger partial charge in [-0.1, -0.05) is 43.2 Å². The van der Waals surface area contributed by atoms with E-state index in [-0.39, 0.29) is 11.6 Å². The fourth-order valence-corrected chi connectivity index (χ4v) is 5.22. The quantitative estimate of drug-likeness (QED) is 0.536. The molecule has 0 spiro atoms. The Balaban J connectivity index is 1.41. The highest BCUT2D eigenvalue weighted by Gasteiger charge is 2.23. The molecule has 6 heteroatoms. The second-order valence-corrected chi connectivity index (χ2v) is 9.25. The average Bonchev–Trinajstić information content (AvgIpc) is 3.53. The molecule has 1 aliphatic heterocycles. The minimum atomic E-state index is 0.104. The summed E-state index contributed by atoms with van der Waals surface area (Å²) in [6.45, 7) is 4.43. The minimum absolute atomic E-state index is 0.104. The number of fused-ring (bicyclic) bond motifs is 1. The summed E-state index contributed by atoms with van der Waals surface area (Å²) in [5.41, 5.74) is 2.85. The summed E-state index contributed by atoms with van der Waals surface area (Å²) in [5.74, 6) is 0.626. The van der Waals surface area contributed by atoms with Gasteiger partial charge in [-0.15, -0.1) is 0 Å². The number of aromatic nitrogens is 3. The molecule has 3 aromatic rings. The van der Waals surface area contributed by atoms with E-state index in [1.807, 2.05) is 35.0 Å². The van der Waals surface area contributed by atoms with E-state index in [0.717, 1.165) is 54.5 Å². The normalized spacial score (nSPS) is 17.4. The number of rotatable bonds is 8. The number of benzene rings is 1. The molecular formula is C26H33N5O. The maximum Gasteiger partial charge on any atom is 0.256 e. The van der Waals surface area contributed by atoms with Gasteiger partial charge in [0.2, 0.25) is 5.95 Å². The van der Waals surface area contributed by atoms with Crippen molar-refractivity contribution in [3.63, 3.8) is 0 Å². The Morgan fingerprint density at radius 1 is 1.03 bits per heavy atom. The number of hydrogen-bond donors (Lipinski definition) is 1. The fraction of sp³-hybridized carbons (Fsp3) is 0.500. The van der Waals surface area contributed by atoms with Crippen molar-refractivity contribution in [3.05, 3.63) is 64.1 Å². The fourth-order valence-electron chi connectivity index (χ4n) is 5.22. The van der Waals surface area contributed by atoms with E-state index < -0.39 is 0 Å². The molecule has 0 radical (unpaired) electrons. The molecule has 6 nitrogen and oxygen atoms in total. The van der Waals surface area contributed by atoms with Crippen LogP contribution in [0.5, 0.6) is 0 Å². The van der Waals surface area contributed by atoms with E-state index in [0.29, 0.717) is 12.4 Å². The molecule has 32 heavy (non-hydrogen) atoms. The topological polar surface area (TPSA) is 63.1 Å². The lowest BCUT2D eigenvalue weighted by atomic mass is 10.0. The number of anilines is 1. The first-order chi connectivity index (χ1) is 15.8. The summed E-state index contributed by atoms with van der Waals surface area (Å²) in [6.07, 6.45) is 10.7.